The molecule has 7 aromatic carbocycles. The van der Waals surface area contributed by atoms with Crippen LogP contribution in [0.5, 0.6) is 0 Å². The predicted octanol–water partition coefficient (Wildman–Crippen LogP) is 12.1. The second kappa shape index (κ2) is 14.0. The van der Waals surface area contributed by atoms with Crippen molar-refractivity contribution in [2.24, 2.45) is 0 Å². The van der Waals surface area contributed by atoms with E-state index in [4.69, 9.17) is 29.9 Å². The number of benzene rings is 7. The van der Waals surface area contributed by atoms with Crippen LogP contribution >= 0.6 is 11.3 Å². The summed E-state index contributed by atoms with van der Waals surface area (Å²) in [6.07, 6.45) is 0. The largest absolute Gasteiger partial charge is 0.208 e. The van der Waals surface area contributed by atoms with Crippen molar-refractivity contribution in [2.45, 2.75) is 0 Å². The standard InChI is InChI=1S/C48H30N6S/c1-5-17-31(18-6-1)43-49-44(32-19-7-2-8-20-32)52-47(51-43)39-26-14-13-25-35(39)36-27-15-28-37-38-29-16-30-40(42(38)55-41(36)37)48-53-45(33-21-9-3-10-22-33)50-46(54-48)34-23-11-4-12-24-34/h1-30H. The molecule has 7 heteroatoms. The summed E-state index contributed by atoms with van der Waals surface area (Å²) in [7, 11) is 0. The Morgan fingerprint density at radius 2 is 0.545 bits per heavy atom. The molecule has 0 amide bonds. The Labute approximate surface area is 321 Å². The summed E-state index contributed by atoms with van der Waals surface area (Å²) in [6, 6.07) is 61.7. The SMILES string of the molecule is c1ccc(-c2nc(-c3ccccc3)nc(-c3ccccc3-c3cccc4c3sc3c(-c5nc(-c6ccccc6)nc(-c6ccccc6)n5)cccc34)n2)cc1. The van der Waals surface area contributed by atoms with Gasteiger partial charge in [-0.25, -0.2) is 29.9 Å². The molecular weight excluding hydrogens is 693 g/mol. The fourth-order valence-electron chi connectivity index (χ4n) is 6.98. The highest BCUT2D eigenvalue weighted by molar-refractivity contribution is 7.26. The number of hydrogen-bond acceptors (Lipinski definition) is 7. The lowest BCUT2D eigenvalue weighted by atomic mass is 9.97. The van der Waals surface area contributed by atoms with Gasteiger partial charge in [0.15, 0.2) is 34.9 Å². The van der Waals surface area contributed by atoms with Crippen LogP contribution in [0.4, 0.5) is 0 Å². The van der Waals surface area contributed by atoms with Gasteiger partial charge in [-0.3, -0.25) is 0 Å². The van der Waals surface area contributed by atoms with Gasteiger partial charge in [-0.1, -0.05) is 176 Å². The normalized spacial score (nSPS) is 11.3. The maximum absolute atomic E-state index is 5.09. The van der Waals surface area contributed by atoms with Crippen LogP contribution in [-0.2, 0) is 0 Å². The van der Waals surface area contributed by atoms with Crippen LogP contribution in [0.1, 0.15) is 0 Å². The molecule has 0 radical (unpaired) electrons. The highest BCUT2D eigenvalue weighted by Gasteiger charge is 2.20. The monoisotopic (exact) mass is 722 g/mol. The van der Waals surface area contributed by atoms with Gasteiger partial charge in [0.2, 0.25) is 0 Å². The smallest absolute Gasteiger partial charge is 0.165 e. The van der Waals surface area contributed by atoms with Crippen LogP contribution in [0.3, 0.4) is 0 Å². The number of thiophene rings is 1. The Morgan fingerprint density at radius 3 is 0.982 bits per heavy atom. The third-order valence-corrected chi connectivity index (χ3v) is 10.9. The summed E-state index contributed by atoms with van der Waals surface area (Å²) in [5.41, 5.74) is 7.80. The molecule has 55 heavy (non-hydrogen) atoms. The van der Waals surface area contributed by atoms with Crippen molar-refractivity contribution in [3.05, 3.63) is 182 Å². The fourth-order valence-corrected chi connectivity index (χ4v) is 8.32. The minimum absolute atomic E-state index is 0.620. The average Bonchev–Trinajstić information content (AvgIpc) is 3.67. The highest BCUT2D eigenvalue weighted by Crippen LogP contribution is 2.45. The number of rotatable bonds is 7. The Bertz CT molecular complexity index is 2850. The van der Waals surface area contributed by atoms with E-state index in [0.717, 1.165) is 54.6 Å². The van der Waals surface area contributed by atoms with E-state index >= 15 is 0 Å². The van der Waals surface area contributed by atoms with Gasteiger partial charge in [-0.2, -0.15) is 0 Å². The lowest BCUT2D eigenvalue weighted by Crippen LogP contribution is -2.01. The molecule has 0 atom stereocenters. The molecule has 0 fully saturated rings. The number of aromatic nitrogens is 6. The van der Waals surface area contributed by atoms with Crippen molar-refractivity contribution in [1.82, 2.24) is 29.9 Å². The van der Waals surface area contributed by atoms with Crippen LogP contribution in [0, 0.1) is 0 Å². The molecule has 0 saturated carbocycles. The van der Waals surface area contributed by atoms with Gasteiger partial charge in [0.25, 0.3) is 0 Å². The first-order chi connectivity index (χ1) is 27.3. The zero-order chi connectivity index (χ0) is 36.6. The molecule has 10 rings (SSSR count). The third kappa shape index (κ3) is 6.12. The van der Waals surface area contributed by atoms with E-state index in [1.165, 1.54) is 10.1 Å². The van der Waals surface area contributed by atoms with Crippen molar-refractivity contribution < 1.29 is 0 Å². The Balaban J connectivity index is 1.16. The van der Waals surface area contributed by atoms with Gasteiger partial charge < -0.3 is 0 Å². The first-order valence-electron chi connectivity index (χ1n) is 18.0. The van der Waals surface area contributed by atoms with Gasteiger partial charge in [0, 0.05) is 59.1 Å². The summed E-state index contributed by atoms with van der Waals surface area (Å²) in [5.74, 6) is 3.80. The summed E-state index contributed by atoms with van der Waals surface area (Å²) in [4.78, 5) is 30.2. The first kappa shape index (κ1) is 32.4. The minimum atomic E-state index is 0.620. The van der Waals surface area contributed by atoms with Crippen LogP contribution in [0.25, 0.3) is 99.6 Å². The molecule has 0 unspecified atom stereocenters. The molecule has 0 spiro atoms. The third-order valence-electron chi connectivity index (χ3n) is 9.62. The fraction of sp³-hybridized carbons (Fsp3) is 0. The van der Waals surface area contributed by atoms with E-state index in [0.29, 0.717) is 34.9 Å². The van der Waals surface area contributed by atoms with Crippen molar-refractivity contribution in [3.63, 3.8) is 0 Å². The number of nitrogens with zero attached hydrogens (tertiary/aromatic N) is 6. The van der Waals surface area contributed by atoms with E-state index in [2.05, 4.69) is 54.6 Å². The predicted molar refractivity (Wildman–Crippen MR) is 224 cm³/mol. The average molecular weight is 723 g/mol. The first-order valence-corrected chi connectivity index (χ1v) is 18.9. The molecule has 0 bridgehead atoms. The van der Waals surface area contributed by atoms with Crippen LogP contribution in [-0.4, -0.2) is 29.9 Å². The molecule has 258 valence electrons. The van der Waals surface area contributed by atoms with Gasteiger partial charge in [0.1, 0.15) is 0 Å². The second-order valence-corrected chi connectivity index (χ2v) is 14.1. The number of fused-ring (bicyclic) bond motifs is 3. The molecule has 3 heterocycles. The van der Waals surface area contributed by atoms with Gasteiger partial charge in [-0.05, 0) is 11.6 Å². The lowest BCUT2D eigenvalue weighted by molar-refractivity contribution is 1.07. The molecule has 0 aliphatic heterocycles. The Morgan fingerprint density at radius 1 is 0.236 bits per heavy atom. The van der Waals surface area contributed by atoms with E-state index < -0.39 is 0 Å². The van der Waals surface area contributed by atoms with E-state index in [-0.39, 0.29) is 0 Å². The van der Waals surface area contributed by atoms with Crippen molar-refractivity contribution in [2.75, 3.05) is 0 Å². The second-order valence-electron chi connectivity index (χ2n) is 13.1. The van der Waals surface area contributed by atoms with Crippen molar-refractivity contribution in [1.29, 1.82) is 0 Å². The quantitative estimate of drug-likeness (QED) is 0.163. The highest BCUT2D eigenvalue weighted by atomic mass is 32.1. The molecule has 0 saturated heterocycles. The lowest BCUT2D eigenvalue weighted by Gasteiger charge is -2.12. The molecule has 0 N–H and O–H groups in total. The van der Waals surface area contributed by atoms with E-state index in [1.807, 2.05) is 127 Å². The summed E-state index contributed by atoms with van der Waals surface area (Å²) in [6.45, 7) is 0. The van der Waals surface area contributed by atoms with Crippen LogP contribution in [0.15, 0.2) is 182 Å². The topological polar surface area (TPSA) is 77.3 Å². The summed E-state index contributed by atoms with van der Waals surface area (Å²) < 4.78 is 2.28. The zero-order valence-corrected chi connectivity index (χ0v) is 30.2. The summed E-state index contributed by atoms with van der Waals surface area (Å²) in [5, 5.41) is 2.32. The van der Waals surface area contributed by atoms with Gasteiger partial charge in [0.05, 0.1) is 0 Å². The van der Waals surface area contributed by atoms with Crippen molar-refractivity contribution >= 4 is 31.5 Å². The Kier molecular flexibility index (Phi) is 8.24. The number of hydrogen-bond donors (Lipinski definition) is 0. The summed E-state index contributed by atoms with van der Waals surface area (Å²) >= 11 is 1.76. The van der Waals surface area contributed by atoms with Crippen LogP contribution in [0.2, 0.25) is 0 Å². The van der Waals surface area contributed by atoms with Gasteiger partial charge in [-0.15, -0.1) is 11.3 Å². The zero-order valence-electron chi connectivity index (χ0n) is 29.4. The molecular formula is C48H30N6S. The van der Waals surface area contributed by atoms with Gasteiger partial charge >= 0.3 is 0 Å². The van der Waals surface area contributed by atoms with Crippen LogP contribution < -0.4 is 0 Å². The maximum Gasteiger partial charge on any atom is 0.165 e. The molecule has 0 aliphatic carbocycles. The maximum atomic E-state index is 5.09. The minimum Gasteiger partial charge on any atom is -0.208 e. The molecule has 6 nitrogen and oxygen atoms in total. The van der Waals surface area contributed by atoms with Crippen molar-refractivity contribution in [3.8, 4) is 79.5 Å². The molecule has 3 aromatic heterocycles. The van der Waals surface area contributed by atoms with E-state index in [9.17, 15) is 0 Å². The molecule has 10 aromatic rings. The Hall–Kier alpha value is -7.22. The molecule has 0 aliphatic rings. The van der Waals surface area contributed by atoms with E-state index in [1.54, 1.807) is 11.3 Å².